The van der Waals surface area contributed by atoms with E-state index in [9.17, 15) is 0 Å². The van der Waals surface area contributed by atoms with Crippen LogP contribution in [-0.4, -0.2) is 189 Å². The molecule has 0 aromatic rings. The van der Waals surface area contributed by atoms with E-state index < -0.39 is 8.80 Å². The van der Waals surface area contributed by atoms with Gasteiger partial charge in [0, 0.05) is 27.4 Å². The van der Waals surface area contributed by atoms with E-state index in [1.165, 1.54) is 0 Å². The van der Waals surface area contributed by atoms with Gasteiger partial charge >= 0.3 is 8.80 Å². The summed E-state index contributed by atoms with van der Waals surface area (Å²) in [6.45, 7) is 13.4. The molecule has 0 aliphatic heterocycles. The third-order valence-electron chi connectivity index (χ3n) is 5.61. The highest BCUT2D eigenvalue weighted by atomic mass is 28.4. The van der Waals surface area contributed by atoms with Gasteiger partial charge in [0.15, 0.2) is 0 Å². The van der Waals surface area contributed by atoms with E-state index in [4.69, 9.17) is 70.1 Å². The fraction of sp³-hybridized carbons (Fsp3) is 1.00. The van der Waals surface area contributed by atoms with E-state index in [2.05, 4.69) is 0 Å². The van der Waals surface area contributed by atoms with Crippen LogP contribution in [0, 0.1) is 0 Å². The summed E-state index contributed by atoms with van der Waals surface area (Å²) in [5, 5.41) is 0. The Morgan fingerprint density at radius 3 is 0.622 bits per heavy atom. The molecule has 272 valence electrons. The van der Waals surface area contributed by atoms with Gasteiger partial charge in [-0.05, 0) is 0 Å². The van der Waals surface area contributed by atoms with E-state index in [-0.39, 0.29) is 0 Å². The molecule has 0 aromatic carbocycles. The molecular formula is C29H62O15Si. The normalized spacial score (nSPS) is 12.0. The molecule has 0 amide bonds. The highest BCUT2D eigenvalue weighted by Crippen LogP contribution is 2.15. The van der Waals surface area contributed by atoms with Gasteiger partial charge in [-0.15, -0.1) is 0 Å². The number of ether oxygens (including phenoxy) is 12. The summed E-state index contributed by atoms with van der Waals surface area (Å²) in [5.74, 6) is 0. The highest BCUT2D eigenvalue weighted by molar-refractivity contribution is 6.60. The van der Waals surface area contributed by atoms with Crippen LogP contribution >= 0.6 is 0 Å². The van der Waals surface area contributed by atoms with Crippen LogP contribution in [0.15, 0.2) is 0 Å². The van der Waals surface area contributed by atoms with Crippen molar-refractivity contribution in [3.8, 4) is 0 Å². The third kappa shape index (κ3) is 33.3. The molecule has 0 heterocycles. The average Bonchev–Trinajstić information content (AvgIpc) is 3.05. The van der Waals surface area contributed by atoms with Crippen LogP contribution in [0.25, 0.3) is 0 Å². The van der Waals surface area contributed by atoms with Crippen molar-refractivity contribution in [1.29, 1.82) is 0 Å². The average molecular weight is 679 g/mol. The molecule has 0 radical (unpaired) electrons. The second-order valence-electron chi connectivity index (χ2n) is 9.07. The molecule has 0 fully saturated rings. The van der Waals surface area contributed by atoms with Crippen molar-refractivity contribution in [2.24, 2.45) is 0 Å². The fourth-order valence-corrected chi connectivity index (χ4v) is 5.30. The van der Waals surface area contributed by atoms with Crippen molar-refractivity contribution in [3.05, 3.63) is 0 Å². The molecule has 0 aromatic heterocycles. The zero-order valence-corrected chi connectivity index (χ0v) is 29.3. The molecular weight excluding hydrogens is 616 g/mol. The van der Waals surface area contributed by atoms with Gasteiger partial charge in [-0.3, -0.25) is 0 Å². The summed E-state index contributed by atoms with van der Waals surface area (Å²) in [4.78, 5) is 0. The molecule has 0 bridgehead atoms. The van der Waals surface area contributed by atoms with Crippen LogP contribution in [0.5, 0.6) is 0 Å². The first-order chi connectivity index (χ1) is 22.2. The van der Waals surface area contributed by atoms with Gasteiger partial charge in [-0.1, -0.05) is 6.92 Å². The first-order valence-electron chi connectivity index (χ1n) is 15.8. The monoisotopic (exact) mass is 678 g/mol. The highest BCUT2D eigenvalue weighted by Gasteiger charge is 2.39. The van der Waals surface area contributed by atoms with E-state index >= 15 is 0 Å². The maximum atomic E-state index is 6.15. The zero-order chi connectivity index (χ0) is 32.8. The minimum absolute atomic E-state index is 0.336. The molecule has 15 nitrogen and oxygen atoms in total. The van der Waals surface area contributed by atoms with Crippen molar-refractivity contribution in [3.63, 3.8) is 0 Å². The smallest absolute Gasteiger partial charge is 0.382 e. The number of rotatable bonds is 40. The Morgan fingerprint density at radius 1 is 0.267 bits per heavy atom. The summed E-state index contributed by atoms with van der Waals surface area (Å²) in [7, 11) is 1.95. The van der Waals surface area contributed by atoms with Gasteiger partial charge in [-0.25, -0.2) is 0 Å². The standard InChI is InChI=1S/C29H62O15Si/c1-5-45(42-27-24-39-21-18-36-15-12-33-9-6-30-2,43-28-25-40-22-19-37-16-13-34-10-7-31-3)44-29-26-41-23-20-38-17-14-35-11-8-32-4/h5-29H2,1-4H3. The van der Waals surface area contributed by atoms with Gasteiger partial charge in [0.1, 0.15) is 0 Å². The van der Waals surface area contributed by atoms with E-state index in [0.29, 0.717) is 165 Å². The van der Waals surface area contributed by atoms with Crippen LogP contribution in [0.2, 0.25) is 6.04 Å². The lowest BCUT2D eigenvalue weighted by Crippen LogP contribution is -2.47. The van der Waals surface area contributed by atoms with Gasteiger partial charge in [0.05, 0.1) is 159 Å². The zero-order valence-electron chi connectivity index (χ0n) is 28.3. The molecule has 0 saturated heterocycles. The second-order valence-corrected chi connectivity index (χ2v) is 12.0. The lowest BCUT2D eigenvalue weighted by Gasteiger charge is -2.28. The summed E-state index contributed by atoms with van der Waals surface area (Å²) in [5.41, 5.74) is 0. The number of hydrogen-bond acceptors (Lipinski definition) is 15. The SMILES string of the molecule is CC[Si](OCCOCCOCCOCCOC)(OCCOCCOCCOCCOC)OCCOCCOCCOCCOC. The summed E-state index contributed by atoms with van der Waals surface area (Å²) >= 11 is 0. The Morgan fingerprint density at radius 2 is 0.444 bits per heavy atom. The van der Waals surface area contributed by atoms with Gasteiger partial charge in [-0.2, -0.15) is 0 Å². The van der Waals surface area contributed by atoms with Crippen LogP contribution < -0.4 is 0 Å². The molecule has 0 aliphatic rings. The lowest BCUT2D eigenvalue weighted by molar-refractivity contribution is -0.0248. The Kier molecular flexibility index (Phi) is 37.7. The van der Waals surface area contributed by atoms with Gasteiger partial charge < -0.3 is 70.1 Å². The Hall–Kier alpha value is -0.383. The Bertz CT molecular complexity index is 484. The Labute approximate surface area is 271 Å². The van der Waals surface area contributed by atoms with Crippen molar-refractivity contribution < 1.29 is 70.1 Å². The van der Waals surface area contributed by atoms with Crippen LogP contribution in [0.1, 0.15) is 6.92 Å². The Balaban J connectivity index is 4.21. The minimum atomic E-state index is -2.98. The summed E-state index contributed by atoms with van der Waals surface area (Å²) in [6.07, 6.45) is 0. The maximum Gasteiger partial charge on any atom is 0.500 e. The van der Waals surface area contributed by atoms with Crippen molar-refractivity contribution in [1.82, 2.24) is 0 Å². The van der Waals surface area contributed by atoms with E-state index in [1.54, 1.807) is 21.3 Å². The summed E-state index contributed by atoms with van der Waals surface area (Å²) < 4.78 is 82.7. The topological polar surface area (TPSA) is 138 Å². The predicted octanol–water partition coefficient (Wildman–Crippen LogP) is 1.08. The molecule has 45 heavy (non-hydrogen) atoms. The van der Waals surface area contributed by atoms with Gasteiger partial charge in [0.2, 0.25) is 0 Å². The van der Waals surface area contributed by atoms with Gasteiger partial charge in [0.25, 0.3) is 0 Å². The van der Waals surface area contributed by atoms with E-state index in [1.807, 2.05) is 6.92 Å². The third-order valence-corrected chi connectivity index (χ3v) is 8.41. The van der Waals surface area contributed by atoms with Crippen LogP contribution in [0.3, 0.4) is 0 Å². The molecule has 0 saturated carbocycles. The van der Waals surface area contributed by atoms with Crippen LogP contribution in [-0.2, 0) is 70.1 Å². The number of methoxy groups -OCH3 is 3. The number of hydrogen-bond donors (Lipinski definition) is 0. The molecule has 16 heteroatoms. The quantitative estimate of drug-likeness (QED) is 0.0675. The molecule has 0 aliphatic carbocycles. The molecule has 0 N–H and O–H groups in total. The molecule has 0 unspecified atom stereocenters. The van der Waals surface area contributed by atoms with Crippen molar-refractivity contribution >= 4 is 8.80 Å². The van der Waals surface area contributed by atoms with Crippen molar-refractivity contribution in [2.45, 2.75) is 13.0 Å². The lowest BCUT2D eigenvalue weighted by atomic mass is 10.7. The first-order valence-corrected chi connectivity index (χ1v) is 17.8. The molecule has 0 spiro atoms. The van der Waals surface area contributed by atoms with Crippen molar-refractivity contribution in [2.75, 3.05) is 180 Å². The van der Waals surface area contributed by atoms with Crippen LogP contribution in [0.4, 0.5) is 0 Å². The minimum Gasteiger partial charge on any atom is -0.382 e. The molecule has 0 atom stereocenters. The fourth-order valence-electron chi connectivity index (χ4n) is 3.25. The first kappa shape index (κ1) is 44.6. The van der Waals surface area contributed by atoms with E-state index in [0.717, 1.165) is 0 Å². The predicted molar refractivity (Wildman–Crippen MR) is 167 cm³/mol. The largest absolute Gasteiger partial charge is 0.500 e. The molecule has 0 rings (SSSR count). The second kappa shape index (κ2) is 38.1. The maximum absolute atomic E-state index is 6.15. The summed E-state index contributed by atoms with van der Waals surface area (Å²) in [6, 6.07) is 0.595.